The molecular formula is C27H20N6O2. The molecule has 1 fully saturated rings. The van der Waals surface area contributed by atoms with Gasteiger partial charge in [0, 0.05) is 58.6 Å². The zero-order valence-electron chi connectivity index (χ0n) is 18.5. The van der Waals surface area contributed by atoms with E-state index in [4.69, 9.17) is 5.26 Å². The Labute approximate surface area is 200 Å². The number of nitrogens with zero attached hydrogens (tertiary/aromatic N) is 3. The molecule has 2 aliphatic carbocycles. The van der Waals surface area contributed by atoms with Crippen molar-refractivity contribution in [2.45, 2.75) is 18.5 Å². The molecule has 3 aliphatic rings. The number of nitriles is 1. The summed E-state index contributed by atoms with van der Waals surface area (Å²) in [6.45, 7) is 0. The third kappa shape index (κ3) is 3.03. The van der Waals surface area contributed by atoms with Gasteiger partial charge in [-0.2, -0.15) is 10.8 Å². The quantitative estimate of drug-likeness (QED) is 0.350. The molecule has 0 radical (unpaired) electrons. The highest BCUT2D eigenvalue weighted by molar-refractivity contribution is 6.07. The van der Waals surface area contributed by atoms with E-state index >= 15 is 0 Å². The lowest BCUT2D eigenvalue weighted by Gasteiger charge is -2.24. The third-order valence-corrected chi connectivity index (χ3v) is 7.24. The standard InChI is InChI=1S/C27H20N6O2/c28-10-15-1-2-17-8-18(4-3-16(17)7-15)26(34)32-11-20-21(12-32)23-14-33(13-22(20)23)27(35)19-5-6-24-25(9-19)30-31-29-24/h1-8,11-14,19,24-25,29-31H,9H2/t19?,24?,25-/m0/s1. The van der Waals surface area contributed by atoms with Crippen LogP contribution in [-0.2, 0) is 0 Å². The minimum atomic E-state index is -0.185. The summed E-state index contributed by atoms with van der Waals surface area (Å²) in [6, 6.07) is 13.4. The van der Waals surface area contributed by atoms with Gasteiger partial charge in [-0.05, 0) is 41.5 Å². The van der Waals surface area contributed by atoms with Crippen LogP contribution in [0.2, 0.25) is 0 Å². The Bertz CT molecular complexity index is 1600. The van der Waals surface area contributed by atoms with Crippen molar-refractivity contribution in [2.75, 3.05) is 0 Å². The maximum atomic E-state index is 13.2. The average molecular weight is 460 g/mol. The fourth-order valence-electron chi connectivity index (χ4n) is 5.32. The highest BCUT2D eigenvalue weighted by atomic mass is 16.2. The van der Waals surface area contributed by atoms with Crippen LogP contribution in [-0.4, -0.2) is 33.0 Å². The summed E-state index contributed by atoms with van der Waals surface area (Å²) in [6.07, 6.45) is 12.2. The lowest BCUT2D eigenvalue weighted by atomic mass is 9.88. The first-order chi connectivity index (χ1) is 17.1. The second-order valence-electron chi connectivity index (χ2n) is 9.29. The summed E-state index contributed by atoms with van der Waals surface area (Å²) in [5.74, 6) is -0.258. The normalized spacial score (nSPS) is 21.6. The monoisotopic (exact) mass is 460 g/mol. The molecule has 3 heterocycles. The van der Waals surface area contributed by atoms with Gasteiger partial charge in [-0.1, -0.05) is 24.3 Å². The Morgan fingerprint density at radius 3 is 2.29 bits per heavy atom. The van der Waals surface area contributed by atoms with Crippen LogP contribution in [0.25, 0.3) is 33.0 Å². The van der Waals surface area contributed by atoms with E-state index < -0.39 is 0 Å². The largest absolute Gasteiger partial charge is 0.293 e. The van der Waals surface area contributed by atoms with Crippen molar-refractivity contribution < 1.29 is 9.59 Å². The molecule has 0 bridgehead atoms. The van der Waals surface area contributed by atoms with Crippen LogP contribution in [0.4, 0.5) is 0 Å². The van der Waals surface area contributed by atoms with E-state index in [2.05, 4.69) is 22.5 Å². The molecule has 8 heteroatoms. The second-order valence-corrected chi connectivity index (χ2v) is 9.29. The van der Waals surface area contributed by atoms with E-state index in [1.54, 1.807) is 21.3 Å². The van der Waals surface area contributed by atoms with Gasteiger partial charge in [0.25, 0.3) is 5.91 Å². The average Bonchev–Trinajstić information content (AvgIpc) is 3.61. The van der Waals surface area contributed by atoms with Crippen LogP contribution in [0.3, 0.4) is 0 Å². The van der Waals surface area contributed by atoms with E-state index in [1.807, 2.05) is 61.2 Å². The Balaban J connectivity index is 1.13. The first kappa shape index (κ1) is 20.1. The van der Waals surface area contributed by atoms with Gasteiger partial charge >= 0.3 is 0 Å². The maximum Gasteiger partial charge on any atom is 0.261 e. The SMILES string of the molecule is N#Cc1ccc2cc(C(=O)n3cc4c(c3)-c3cn(C(=O)C5C=CC6NNN[C@H]6C5)cc3-4)ccc2c1. The molecule has 0 saturated carbocycles. The van der Waals surface area contributed by atoms with Crippen LogP contribution in [0.5, 0.6) is 0 Å². The van der Waals surface area contributed by atoms with Crippen molar-refractivity contribution in [3.63, 3.8) is 0 Å². The number of rotatable bonds is 2. The number of hydrogen-bond acceptors (Lipinski definition) is 6. The summed E-state index contributed by atoms with van der Waals surface area (Å²) >= 11 is 0. The molecule has 3 N–H and O–H groups in total. The molecular weight excluding hydrogens is 440 g/mol. The minimum absolute atomic E-state index is 0.0470. The summed E-state index contributed by atoms with van der Waals surface area (Å²) in [7, 11) is 0. The molecule has 1 aliphatic heterocycles. The molecule has 4 aromatic rings. The lowest BCUT2D eigenvalue weighted by Crippen LogP contribution is -2.39. The number of carbonyl (C=O) groups excluding carboxylic acids is 2. The van der Waals surface area contributed by atoms with Gasteiger partial charge in [-0.15, -0.1) is 0 Å². The Morgan fingerprint density at radius 2 is 1.54 bits per heavy atom. The van der Waals surface area contributed by atoms with Gasteiger partial charge in [0.2, 0.25) is 5.91 Å². The Morgan fingerprint density at radius 1 is 0.857 bits per heavy atom. The van der Waals surface area contributed by atoms with Crippen LogP contribution in [0.1, 0.15) is 27.1 Å². The third-order valence-electron chi connectivity index (χ3n) is 7.24. The number of aromatic nitrogens is 2. The van der Waals surface area contributed by atoms with Crippen LogP contribution < -0.4 is 16.4 Å². The summed E-state index contributed by atoms with van der Waals surface area (Å²) in [5, 5.41) is 10.9. The molecule has 2 unspecified atom stereocenters. The van der Waals surface area contributed by atoms with Crippen molar-refractivity contribution in [3.05, 3.63) is 84.5 Å². The number of nitrogens with one attached hydrogen (secondary N) is 3. The predicted octanol–water partition coefficient (Wildman–Crippen LogP) is 3.22. The second kappa shape index (κ2) is 7.35. The number of allylic oxidation sites excluding steroid dienone is 1. The highest BCUT2D eigenvalue weighted by Crippen LogP contribution is 2.48. The maximum absolute atomic E-state index is 13.2. The number of carbonyl (C=O) groups is 2. The van der Waals surface area contributed by atoms with Gasteiger partial charge in [-0.3, -0.25) is 18.7 Å². The number of hydrazine groups is 2. The van der Waals surface area contributed by atoms with Gasteiger partial charge in [-0.25, -0.2) is 10.9 Å². The Hall–Kier alpha value is -4.29. The van der Waals surface area contributed by atoms with E-state index in [1.165, 1.54) is 0 Å². The summed E-state index contributed by atoms with van der Waals surface area (Å²) in [4.78, 5) is 26.3. The fraction of sp³-hybridized carbons (Fsp3) is 0.148. The molecule has 0 spiro atoms. The minimum Gasteiger partial charge on any atom is -0.293 e. The summed E-state index contributed by atoms with van der Waals surface area (Å²) < 4.78 is 3.29. The van der Waals surface area contributed by atoms with E-state index in [0.29, 0.717) is 11.1 Å². The van der Waals surface area contributed by atoms with Crippen molar-refractivity contribution in [1.82, 2.24) is 25.5 Å². The van der Waals surface area contributed by atoms with Gasteiger partial charge in [0.15, 0.2) is 0 Å². The molecule has 2 aromatic carbocycles. The number of fused-ring (bicyclic) bond motifs is 6. The molecule has 0 amide bonds. The molecule has 35 heavy (non-hydrogen) atoms. The topological polar surface area (TPSA) is 104 Å². The van der Waals surface area contributed by atoms with E-state index in [-0.39, 0.29) is 29.8 Å². The van der Waals surface area contributed by atoms with Crippen molar-refractivity contribution in [2.24, 2.45) is 5.92 Å². The first-order valence-corrected chi connectivity index (χ1v) is 11.5. The number of benzene rings is 2. The van der Waals surface area contributed by atoms with Gasteiger partial charge in [0.05, 0.1) is 23.6 Å². The lowest BCUT2D eigenvalue weighted by molar-refractivity contribution is 0.0846. The molecule has 2 aromatic heterocycles. The smallest absolute Gasteiger partial charge is 0.261 e. The van der Waals surface area contributed by atoms with Gasteiger partial charge < -0.3 is 0 Å². The molecule has 3 atom stereocenters. The number of hydrogen-bond donors (Lipinski definition) is 3. The fourth-order valence-corrected chi connectivity index (χ4v) is 5.32. The first-order valence-electron chi connectivity index (χ1n) is 11.5. The highest BCUT2D eigenvalue weighted by Gasteiger charge is 2.35. The van der Waals surface area contributed by atoms with Crippen LogP contribution >= 0.6 is 0 Å². The Kier molecular flexibility index (Phi) is 4.23. The molecule has 7 rings (SSSR count). The molecule has 1 saturated heterocycles. The molecule has 8 nitrogen and oxygen atoms in total. The zero-order chi connectivity index (χ0) is 23.7. The van der Waals surface area contributed by atoms with E-state index in [0.717, 1.165) is 39.4 Å². The summed E-state index contributed by atoms with van der Waals surface area (Å²) in [5.41, 5.74) is 14.3. The zero-order valence-corrected chi connectivity index (χ0v) is 18.5. The predicted molar refractivity (Wildman–Crippen MR) is 130 cm³/mol. The van der Waals surface area contributed by atoms with E-state index in [9.17, 15) is 9.59 Å². The molecule has 170 valence electrons. The van der Waals surface area contributed by atoms with Crippen molar-refractivity contribution in [1.29, 1.82) is 5.26 Å². The van der Waals surface area contributed by atoms with Crippen molar-refractivity contribution in [3.8, 4) is 28.3 Å². The van der Waals surface area contributed by atoms with Gasteiger partial charge in [0.1, 0.15) is 0 Å². The van der Waals surface area contributed by atoms with Crippen LogP contribution in [0, 0.1) is 17.2 Å². The van der Waals surface area contributed by atoms with Crippen molar-refractivity contribution >= 4 is 22.6 Å². The van der Waals surface area contributed by atoms with Crippen LogP contribution in [0.15, 0.2) is 73.3 Å².